The zero-order chi connectivity index (χ0) is 66.3. The number of carboxylic acid groups (broad SMARTS) is 4. The minimum atomic E-state index is -1.99. The minimum Gasteiger partial charge on any atom is -0.481 e. The molecule has 0 aromatic rings. The van der Waals surface area contributed by atoms with Gasteiger partial charge in [0.1, 0.15) is 66.5 Å². The Morgan fingerprint density at radius 2 is 0.966 bits per heavy atom. The fourth-order valence-corrected chi connectivity index (χ4v) is 10.3. The second-order valence-electron chi connectivity index (χ2n) is 23.6. The van der Waals surface area contributed by atoms with Crippen molar-refractivity contribution in [1.29, 1.82) is 0 Å². The van der Waals surface area contributed by atoms with Crippen LogP contribution in [0.5, 0.6) is 0 Å². The summed E-state index contributed by atoms with van der Waals surface area (Å²) < 4.78 is 0. The van der Waals surface area contributed by atoms with Crippen LogP contribution in [0.4, 0.5) is 0 Å². The van der Waals surface area contributed by atoms with Crippen molar-refractivity contribution >= 4 is 88.9 Å². The summed E-state index contributed by atoms with van der Waals surface area (Å²) >= 11 is 0. The van der Waals surface area contributed by atoms with Gasteiger partial charge in [-0.15, -0.1) is 0 Å². The Kier molecular flexibility index (Phi) is 30.1. The summed E-state index contributed by atoms with van der Waals surface area (Å²) in [5.74, 6) is -16.7. The van der Waals surface area contributed by atoms with E-state index >= 15 is 0 Å². The lowest BCUT2D eigenvalue weighted by Gasteiger charge is -2.33. The first-order valence-electron chi connectivity index (χ1n) is 29.9. The summed E-state index contributed by atoms with van der Waals surface area (Å²) in [7, 11) is 0. The number of carbonyl (C=O) groups is 15. The average Bonchev–Trinajstić information content (AvgIpc) is 4.46. The normalized spacial score (nSPS) is 19.5. The van der Waals surface area contributed by atoms with E-state index < -0.39 is 187 Å². The van der Waals surface area contributed by atoms with Gasteiger partial charge >= 0.3 is 23.9 Å². The number of nitrogens with one attached hydrogen (secondary N) is 10. The molecule has 3 heterocycles. The highest BCUT2D eigenvalue weighted by molar-refractivity contribution is 6.00. The Morgan fingerprint density at radius 3 is 1.49 bits per heavy atom. The monoisotopic (exact) mass is 1250 g/mol. The predicted octanol–water partition coefficient (Wildman–Crippen LogP) is -3.49. The van der Waals surface area contributed by atoms with Crippen molar-refractivity contribution in [2.45, 2.75) is 218 Å². The van der Waals surface area contributed by atoms with Crippen LogP contribution >= 0.6 is 0 Å². The van der Waals surface area contributed by atoms with Gasteiger partial charge in [-0.1, -0.05) is 41.5 Å². The molecule has 0 radical (unpaired) electrons. The molecular weight excluding hydrogens is 1160 g/mol. The molecule has 494 valence electrons. The first-order valence-corrected chi connectivity index (χ1v) is 29.9. The summed E-state index contributed by atoms with van der Waals surface area (Å²) in [4.78, 5) is 200. The van der Waals surface area contributed by atoms with Gasteiger partial charge in [-0.2, -0.15) is 0 Å². The van der Waals surface area contributed by atoms with E-state index in [1.54, 1.807) is 41.5 Å². The lowest BCUT2D eigenvalue weighted by atomic mass is 9.98. The topological polar surface area (TPSA) is 490 Å². The highest BCUT2D eigenvalue weighted by atomic mass is 16.4. The zero-order valence-corrected chi connectivity index (χ0v) is 51.3. The molecule has 0 aromatic carbocycles. The third-order valence-electron chi connectivity index (χ3n) is 15.2. The second kappa shape index (κ2) is 35.7. The van der Waals surface area contributed by atoms with Crippen molar-refractivity contribution in [2.24, 2.45) is 23.5 Å². The molecule has 32 heteroatoms. The number of carbonyl (C=O) groups excluding carboxylic acids is 11. The largest absolute Gasteiger partial charge is 0.481 e. The van der Waals surface area contributed by atoms with Crippen LogP contribution in [0.25, 0.3) is 0 Å². The molecule has 0 aliphatic carbocycles. The van der Waals surface area contributed by atoms with Gasteiger partial charge in [0.05, 0.1) is 18.9 Å². The number of nitrogens with zero attached hydrogens (tertiary/aromatic N) is 2. The van der Waals surface area contributed by atoms with Crippen molar-refractivity contribution in [3.05, 3.63) is 0 Å². The van der Waals surface area contributed by atoms with Gasteiger partial charge in [0.2, 0.25) is 65.0 Å². The van der Waals surface area contributed by atoms with Gasteiger partial charge in [0.25, 0.3) is 0 Å². The van der Waals surface area contributed by atoms with E-state index in [4.69, 9.17) is 10.8 Å². The number of unbranched alkanes of at least 4 members (excludes halogenated alkanes) is 1. The summed E-state index contributed by atoms with van der Waals surface area (Å²) in [6.45, 7) is 13.7. The molecule has 11 amide bonds. The molecule has 0 saturated carbocycles. The SMILES string of the molecule is CC(C)C[C@H](NC(=O)[C@@H]1CCCN1C(=O)[C@@H](NC(=O)[C@@H]1CCCN1C(=O)[C@H](CCC(=O)O)NC(=O)[C@H](C)NC(=O)[C@H](C)NC(=O)[C@@H]1CCCN1)C(C)C)C(=O)N[C@H](C(=O)N[C@@H](CCCCN)C(=O)N[C@@H](CC(=O)O)C(=O)N[C@@H](CC(=O)O)C(=O)O)C(C)C. The Morgan fingerprint density at radius 1 is 0.466 bits per heavy atom. The Hall–Kier alpha value is -8.03. The summed E-state index contributed by atoms with van der Waals surface area (Å²) in [6, 6.07) is -15.8. The van der Waals surface area contributed by atoms with Gasteiger partial charge in [0.15, 0.2) is 0 Å². The fourth-order valence-electron chi connectivity index (χ4n) is 10.3. The molecule has 0 bridgehead atoms. The number of carboxylic acids is 4. The van der Waals surface area contributed by atoms with E-state index in [2.05, 4.69) is 47.9 Å². The lowest BCUT2D eigenvalue weighted by Crippen LogP contribution is -2.61. The van der Waals surface area contributed by atoms with Crippen LogP contribution in [0, 0.1) is 17.8 Å². The number of aliphatic carboxylic acids is 4. The van der Waals surface area contributed by atoms with Crippen molar-refractivity contribution in [2.75, 3.05) is 26.2 Å². The van der Waals surface area contributed by atoms with Crippen LogP contribution in [0.1, 0.15) is 145 Å². The molecule has 3 fully saturated rings. The predicted molar refractivity (Wildman–Crippen MR) is 310 cm³/mol. The maximum Gasteiger partial charge on any atom is 0.326 e. The summed E-state index contributed by atoms with van der Waals surface area (Å²) in [5.41, 5.74) is 5.66. The summed E-state index contributed by atoms with van der Waals surface area (Å²) in [6.07, 6.45) is -0.240. The number of rotatable bonds is 36. The lowest BCUT2D eigenvalue weighted by molar-refractivity contribution is -0.148. The number of hydrogen-bond acceptors (Lipinski definition) is 17. The van der Waals surface area contributed by atoms with E-state index in [9.17, 15) is 87.2 Å². The minimum absolute atomic E-state index is 0.0296. The van der Waals surface area contributed by atoms with Crippen molar-refractivity contribution < 1.29 is 92.3 Å². The maximum absolute atomic E-state index is 14.5. The van der Waals surface area contributed by atoms with Gasteiger partial charge in [-0.3, -0.25) is 67.1 Å². The molecule has 88 heavy (non-hydrogen) atoms. The van der Waals surface area contributed by atoms with Crippen LogP contribution in [-0.2, 0) is 71.9 Å². The van der Waals surface area contributed by atoms with Crippen LogP contribution in [0.2, 0.25) is 0 Å². The molecule has 12 atom stereocenters. The Balaban J connectivity index is 1.77. The zero-order valence-electron chi connectivity index (χ0n) is 51.3. The molecule has 32 nitrogen and oxygen atoms in total. The van der Waals surface area contributed by atoms with Crippen LogP contribution in [0.15, 0.2) is 0 Å². The molecule has 16 N–H and O–H groups in total. The Labute approximate surface area is 510 Å². The fraction of sp³-hybridized carbons (Fsp3) is 0.732. The molecule has 3 aliphatic heterocycles. The van der Waals surface area contributed by atoms with E-state index in [1.807, 2.05) is 5.32 Å². The smallest absolute Gasteiger partial charge is 0.326 e. The Bertz CT molecular complexity index is 2540. The highest BCUT2D eigenvalue weighted by Gasteiger charge is 2.44. The molecule has 0 spiro atoms. The van der Waals surface area contributed by atoms with Crippen LogP contribution in [0.3, 0.4) is 0 Å². The van der Waals surface area contributed by atoms with E-state index in [-0.39, 0.29) is 70.0 Å². The van der Waals surface area contributed by atoms with E-state index in [0.717, 1.165) is 6.42 Å². The standard InChI is InChI=1S/C56H91N13O19/c1-27(2)24-35(50(81)66-43(28(3)4)53(84)61-33(14-9-10-20-57)48(79)63-36(25-41(72)73)49(80)65-37(56(87)88)26-42(74)75)64-51(82)38-16-13-23-69(38)55(86)44(29(5)6)67-52(83)39-17-12-22-68(39)54(85)34(18-19-40(70)71)62-46(77)31(8)59-45(76)30(7)60-47(78)32-15-11-21-58-32/h27-39,43-44,58H,9-26,57H2,1-8H3,(H,59,76)(H,60,78)(H,61,84)(H,62,77)(H,63,79)(H,64,82)(H,65,80)(H,66,81)(H,67,83)(H,70,71)(H,72,73)(H,74,75)(H,87,88)/t30-,31-,32-,33-,34-,35-,36-,37-,38-,39-,43-,44-/m0/s1. The van der Waals surface area contributed by atoms with E-state index in [1.165, 1.54) is 23.6 Å². The first kappa shape index (κ1) is 74.2. The highest BCUT2D eigenvalue weighted by Crippen LogP contribution is 2.24. The summed E-state index contributed by atoms with van der Waals surface area (Å²) in [5, 5.41) is 63.0. The molecular formula is C56H91N13O19. The van der Waals surface area contributed by atoms with E-state index in [0.29, 0.717) is 32.2 Å². The molecule has 3 rings (SSSR count). The number of likely N-dealkylation sites (tertiary alicyclic amines) is 2. The average molecular weight is 1250 g/mol. The van der Waals surface area contributed by atoms with Gasteiger partial charge in [-0.25, -0.2) is 4.79 Å². The second-order valence-corrected chi connectivity index (χ2v) is 23.6. The molecule has 3 aliphatic rings. The number of hydrogen-bond donors (Lipinski definition) is 15. The van der Waals surface area contributed by atoms with Crippen molar-refractivity contribution in [3.63, 3.8) is 0 Å². The van der Waals surface area contributed by atoms with Gasteiger partial charge in [0, 0.05) is 19.5 Å². The van der Waals surface area contributed by atoms with Crippen LogP contribution in [-0.4, -0.2) is 218 Å². The third-order valence-corrected chi connectivity index (χ3v) is 15.2. The first-order chi connectivity index (χ1) is 41.3. The molecule has 0 unspecified atom stereocenters. The van der Waals surface area contributed by atoms with Crippen molar-refractivity contribution in [3.8, 4) is 0 Å². The number of nitrogens with two attached hydrogens (primary N) is 1. The number of amides is 11. The third kappa shape index (κ3) is 23.2. The van der Waals surface area contributed by atoms with Crippen molar-refractivity contribution in [1.82, 2.24) is 63.0 Å². The van der Waals surface area contributed by atoms with Gasteiger partial charge in [-0.05, 0) is 115 Å². The molecule has 3 saturated heterocycles. The molecule has 0 aromatic heterocycles. The quantitative estimate of drug-likeness (QED) is 0.0271. The van der Waals surface area contributed by atoms with Gasteiger partial charge < -0.3 is 89.1 Å². The maximum atomic E-state index is 14.5. The van der Waals surface area contributed by atoms with Crippen LogP contribution < -0.4 is 58.9 Å².